The molecule has 2 rings (SSSR count). The monoisotopic (exact) mass is 210 g/mol. The Labute approximate surface area is 83.1 Å². The van der Waals surface area contributed by atoms with E-state index in [2.05, 4.69) is 9.79 Å². The van der Waals surface area contributed by atoms with Crippen LogP contribution in [0.5, 0.6) is 0 Å². The molecule has 0 radical (unpaired) electrons. The summed E-state index contributed by atoms with van der Waals surface area (Å²) in [6.45, 7) is 1.49. The number of ketones is 1. The topological polar surface area (TPSA) is 70.0 Å². The molecule has 2 heterocycles. The number of carbonyl (C=O) groups is 1. The summed E-state index contributed by atoms with van der Waals surface area (Å²) in [5.74, 6) is -0.290. The van der Waals surface area contributed by atoms with Gasteiger partial charge in [0.1, 0.15) is 0 Å². The predicted molar refractivity (Wildman–Crippen MR) is 48.0 cm³/mol. The van der Waals surface area contributed by atoms with Gasteiger partial charge in [-0.1, -0.05) is 0 Å². The van der Waals surface area contributed by atoms with Crippen LogP contribution in [0.4, 0.5) is 0 Å². The second-order valence-corrected chi connectivity index (χ2v) is 3.49. The second-order valence-electron chi connectivity index (χ2n) is 2.71. The van der Waals surface area contributed by atoms with Crippen molar-refractivity contribution in [2.45, 2.75) is 6.92 Å². The lowest BCUT2D eigenvalue weighted by Crippen LogP contribution is -2.26. The van der Waals surface area contributed by atoms with Crippen LogP contribution in [0.3, 0.4) is 0 Å². The minimum Gasteiger partial charge on any atom is -0.359 e. The number of nitrogens with zero attached hydrogens (tertiary/aromatic N) is 2. The van der Waals surface area contributed by atoms with Crippen molar-refractivity contribution in [3.63, 3.8) is 0 Å². The number of thiophene rings is 1. The van der Waals surface area contributed by atoms with Gasteiger partial charge in [-0.25, -0.2) is 0 Å². The molecule has 0 aliphatic carbocycles. The third-order valence-corrected chi connectivity index (χ3v) is 2.50. The first-order chi connectivity index (χ1) is 6.70. The van der Waals surface area contributed by atoms with E-state index in [1.54, 1.807) is 16.8 Å². The molecule has 72 valence electrons. The lowest BCUT2D eigenvalue weighted by atomic mass is 10.1. The number of carbonyl (C=O) groups excluding carboxylic acids is 1. The Morgan fingerprint density at radius 2 is 2.50 bits per heavy atom. The van der Waals surface area contributed by atoms with Crippen molar-refractivity contribution in [1.29, 1.82) is 0 Å². The molecule has 0 atom stereocenters. The molecule has 0 aliphatic heterocycles. The van der Waals surface area contributed by atoms with Gasteiger partial charge in [0.2, 0.25) is 11.5 Å². The van der Waals surface area contributed by atoms with Crippen LogP contribution in [-0.2, 0) is 0 Å². The first kappa shape index (κ1) is 8.89. The predicted octanol–water partition coefficient (Wildman–Crippen LogP) is 0.909. The van der Waals surface area contributed by atoms with Crippen LogP contribution in [0, 0.1) is 12.1 Å². The first-order valence-corrected chi connectivity index (χ1v) is 4.77. The Morgan fingerprint density at radius 1 is 1.71 bits per heavy atom. The van der Waals surface area contributed by atoms with Gasteiger partial charge < -0.3 is 5.21 Å². The Morgan fingerprint density at radius 3 is 3.00 bits per heavy atom. The van der Waals surface area contributed by atoms with Crippen LogP contribution >= 0.6 is 11.3 Å². The van der Waals surface area contributed by atoms with Gasteiger partial charge in [0, 0.05) is 17.9 Å². The Bertz CT molecular complexity index is 461. The molecular formula is C8H6N2O3S. The molecule has 2 aromatic rings. The van der Waals surface area contributed by atoms with Crippen molar-refractivity contribution < 1.29 is 14.3 Å². The van der Waals surface area contributed by atoms with Gasteiger partial charge >= 0.3 is 0 Å². The number of rotatable bonds is 2. The molecule has 0 aliphatic rings. The van der Waals surface area contributed by atoms with Crippen LogP contribution in [0.15, 0.2) is 21.5 Å². The summed E-state index contributed by atoms with van der Waals surface area (Å²) >= 11 is 1.41. The maximum atomic E-state index is 11.7. The fraction of sp³-hybridized carbons (Fsp3) is 0.125. The molecule has 0 amide bonds. The molecule has 0 saturated carbocycles. The van der Waals surface area contributed by atoms with Gasteiger partial charge in [-0.2, -0.15) is 11.3 Å². The molecule has 0 saturated heterocycles. The van der Waals surface area contributed by atoms with E-state index in [9.17, 15) is 10.0 Å². The van der Waals surface area contributed by atoms with Crippen molar-refractivity contribution >= 4 is 17.1 Å². The molecule has 6 heteroatoms. The molecule has 0 aromatic carbocycles. The summed E-state index contributed by atoms with van der Waals surface area (Å²) in [4.78, 5) is 11.9. The van der Waals surface area contributed by atoms with Gasteiger partial charge in [-0.05, 0) is 16.3 Å². The Kier molecular flexibility index (Phi) is 2.05. The van der Waals surface area contributed by atoms with Crippen molar-refractivity contribution in [2.75, 3.05) is 0 Å². The van der Waals surface area contributed by atoms with E-state index in [0.29, 0.717) is 5.56 Å². The molecule has 2 aromatic heterocycles. The Balaban J connectivity index is 2.42. The van der Waals surface area contributed by atoms with Gasteiger partial charge in [-0.3, -0.25) is 9.42 Å². The second kappa shape index (κ2) is 3.22. The molecular weight excluding hydrogens is 204 g/mol. The zero-order valence-electron chi connectivity index (χ0n) is 7.26. The zero-order chi connectivity index (χ0) is 10.1. The van der Waals surface area contributed by atoms with E-state index < -0.39 is 0 Å². The largest absolute Gasteiger partial charge is 0.359 e. The third kappa shape index (κ3) is 1.29. The normalized spacial score (nSPS) is 10.4. The minimum atomic E-state index is -0.290. The first-order valence-electron chi connectivity index (χ1n) is 3.83. The molecule has 0 N–H and O–H groups in total. The maximum Gasteiger partial charge on any atom is 0.291 e. The van der Waals surface area contributed by atoms with Crippen LogP contribution < -0.4 is 4.90 Å². The summed E-state index contributed by atoms with van der Waals surface area (Å²) < 4.78 is 4.31. The maximum absolute atomic E-state index is 11.7. The van der Waals surface area contributed by atoms with E-state index in [1.165, 1.54) is 18.3 Å². The van der Waals surface area contributed by atoms with Crippen molar-refractivity contribution in [1.82, 2.24) is 5.16 Å². The van der Waals surface area contributed by atoms with E-state index in [-0.39, 0.29) is 22.1 Å². The standard InChI is InChI=1S/C8H6N2O3S/c1-5-7(9-13-10(5)12)8(11)6-2-3-14-4-6/h2-4H,1H3. The summed E-state index contributed by atoms with van der Waals surface area (Å²) in [7, 11) is 0. The smallest absolute Gasteiger partial charge is 0.291 e. The van der Waals surface area contributed by atoms with E-state index >= 15 is 0 Å². The van der Waals surface area contributed by atoms with E-state index in [4.69, 9.17) is 0 Å². The van der Waals surface area contributed by atoms with Gasteiger partial charge in [0.15, 0.2) is 0 Å². The highest BCUT2D eigenvalue weighted by molar-refractivity contribution is 7.08. The average Bonchev–Trinajstić information content (AvgIpc) is 2.77. The fourth-order valence-corrected chi connectivity index (χ4v) is 1.66. The molecule has 0 bridgehead atoms. The minimum absolute atomic E-state index is 0.0680. The van der Waals surface area contributed by atoms with Crippen LogP contribution in [0.2, 0.25) is 0 Å². The SMILES string of the molecule is Cc1c(C(=O)c2ccsc2)no[n+]1[O-]. The van der Waals surface area contributed by atoms with Gasteiger partial charge in [0.25, 0.3) is 5.69 Å². The number of aromatic nitrogens is 2. The quantitative estimate of drug-likeness (QED) is 0.545. The lowest BCUT2D eigenvalue weighted by molar-refractivity contribution is -0.806. The number of hydrogen-bond donors (Lipinski definition) is 0. The van der Waals surface area contributed by atoms with Gasteiger partial charge in [0.05, 0.1) is 5.16 Å². The van der Waals surface area contributed by atoms with Crippen LogP contribution in [0.1, 0.15) is 21.7 Å². The highest BCUT2D eigenvalue weighted by atomic mass is 32.1. The van der Waals surface area contributed by atoms with E-state index in [1.807, 2.05) is 0 Å². The van der Waals surface area contributed by atoms with Crippen LogP contribution in [-0.4, -0.2) is 10.9 Å². The Hall–Kier alpha value is -1.69. The van der Waals surface area contributed by atoms with Crippen LogP contribution in [0.25, 0.3) is 0 Å². The number of hydrogen-bond acceptors (Lipinski definition) is 5. The molecule has 0 unspecified atom stereocenters. The highest BCUT2D eigenvalue weighted by Gasteiger charge is 2.23. The zero-order valence-corrected chi connectivity index (χ0v) is 8.08. The molecule has 0 fully saturated rings. The van der Waals surface area contributed by atoms with Crippen molar-refractivity contribution in [2.24, 2.45) is 0 Å². The summed E-state index contributed by atoms with van der Waals surface area (Å²) in [6, 6.07) is 1.68. The summed E-state index contributed by atoms with van der Waals surface area (Å²) in [5, 5.41) is 17.7. The summed E-state index contributed by atoms with van der Waals surface area (Å²) in [5.41, 5.74) is 0.770. The third-order valence-electron chi connectivity index (χ3n) is 1.82. The lowest BCUT2D eigenvalue weighted by Gasteiger charge is -1.88. The molecule has 0 spiro atoms. The average molecular weight is 210 g/mol. The van der Waals surface area contributed by atoms with Crippen molar-refractivity contribution in [3.8, 4) is 0 Å². The van der Waals surface area contributed by atoms with Gasteiger partial charge in [-0.15, -0.1) is 0 Å². The summed E-state index contributed by atoms with van der Waals surface area (Å²) in [6.07, 6.45) is 0. The molecule has 14 heavy (non-hydrogen) atoms. The van der Waals surface area contributed by atoms with E-state index in [0.717, 1.165) is 0 Å². The van der Waals surface area contributed by atoms with Crippen molar-refractivity contribution in [3.05, 3.63) is 39.0 Å². The fourth-order valence-electron chi connectivity index (χ4n) is 1.03. The highest BCUT2D eigenvalue weighted by Crippen LogP contribution is 2.12. The molecule has 5 nitrogen and oxygen atoms in total.